The molecule has 0 fully saturated rings. The normalized spacial score (nSPS) is 11.8. The van der Waals surface area contributed by atoms with E-state index in [2.05, 4.69) is 4.90 Å². The van der Waals surface area contributed by atoms with Crippen molar-refractivity contribution in [3.63, 3.8) is 0 Å². The molecule has 0 amide bonds. The first-order valence-corrected chi connectivity index (χ1v) is 11.7. The molecule has 7 heteroatoms. The fourth-order valence-electron chi connectivity index (χ4n) is 4.30. The molecule has 0 unspecified atom stereocenters. The van der Waals surface area contributed by atoms with Gasteiger partial charge in [0.25, 0.3) is 0 Å². The molecule has 1 heterocycles. The Morgan fingerprint density at radius 1 is 0.806 bits per heavy atom. The number of nitrogens with zero attached hydrogens (tertiary/aromatic N) is 1. The largest absolute Gasteiger partial charge is 0.461 e. The van der Waals surface area contributed by atoms with Gasteiger partial charge in [0.05, 0.1) is 6.54 Å². The fraction of sp³-hybridized carbons (Fsp3) is 0.241. The lowest BCUT2D eigenvalue weighted by atomic mass is 9.84. The molecule has 36 heavy (non-hydrogen) atoms. The lowest BCUT2D eigenvalue weighted by Crippen LogP contribution is -2.29. The Hall–Kier alpha value is -3.39. The van der Waals surface area contributed by atoms with E-state index < -0.39 is 17.2 Å². The van der Waals surface area contributed by atoms with Gasteiger partial charge in [-0.1, -0.05) is 36.4 Å². The van der Waals surface area contributed by atoms with Crippen LogP contribution in [-0.4, -0.2) is 30.3 Å². The molecular formula is C29H28F3NO3. The van der Waals surface area contributed by atoms with Crippen LogP contribution in [0.2, 0.25) is 0 Å². The van der Waals surface area contributed by atoms with Crippen LogP contribution in [0, 0.1) is 17.5 Å². The van der Waals surface area contributed by atoms with Gasteiger partial charge in [-0.2, -0.15) is 0 Å². The molecule has 0 spiro atoms. The lowest BCUT2D eigenvalue weighted by Gasteiger charge is -2.27. The molecule has 0 atom stereocenters. The van der Waals surface area contributed by atoms with Crippen molar-refractivity contribution >= 4 is 0 Å². The highest BCUT2D eigenvalue weighted by atomic mass is 19.1. The predicted molar refractivity (Wildman–Crippen MR) is 131 cm³/mol. The van der Waals surface area contributed by atoms with Crippen molar-refractivity contribution < 1.29 is 27.4 Å². The molecule has 0 aliphatic carbocycles. The average Bonchev–Trinajstić information content (AvgIpc) is 3.32. The van der Waals surface area contributed by atoms with Crippen LogP contribution in [-0.2, 0) is 23.4 Å². The molecule has 188 valence electrons. The number of halogens is 3. The highest BCUT2D eigenvalue weighted by molar-refractivity contribution is 5.44. The first-order valence-electron chi connectivity index (χ1n) is 11.7. The van der Waals surface area contributed by atoms with Crippen molar-refractivity contribution in [1.82, 2.24) is 4.90 Å². The van der Waals surface area contributed by atoms with Crippen LogP contribution in [0.15, 0.2) is 89.3 Å². The zero-order valence-electron chi connectivity index (χ0n) is 20.0. The van der Waals surface area contributed by atoms with Crippen LogP contribution >= 0.6 is 0 Å². The van der Waals surface area contributed by atoms with Gasteiger partial charge in [-0.3, -0.25) is 4.90 Å². The highest BCUT2D eigenvalue weighted by Gasteiger charge is 2.38. The summed E-state index contributed by atoms with van der Waals surface area (Å²) < 4.78 is 53.2. The quantitative estimate of drug-likeness (QED) is 0.259. The fourth-order valence-corrected chi connectivity index (χ4v) is 4.30. The van der Waals surface area contributed by atoms with Crippen molar-refractivity contribution in [3.8, 4) is 0 Å². The maximum atomic E-state index is 14.1. The molecule has 1 N–H and O–H groups in total. The van der Waals surface area contributed by atoms with E-state index in [0.29, 0.717) is 32.0 Å². The Morgan fingerprint density at radius 3 is 2.00 bits per heavy atom. The molecule has 0 aliphatic heterocycles. The summed E-state index contributed by atoms with van der Waals surface area (Å²) >= 11 is 0. The van der Waals surface area contributed by atoms with Gasteiger partial charge in [-0.25, -0.2) is 13.2 Å². The summed E-state index contributed by atoms with van der Waals surface area (Å²) in [7, 11) is 1.63. The SMILES string of the molecule is COCCCN(Cc1cccc(F)c1)Cc1ccc(C(O)(c2cccc(F)c2)c2cccc(F)c2)o1. The van der Waals surface area contributed by atoms with Crippen molar-refractivity contribution in [2.45, 2.75) is 25.1 Å². The van der Waals surface area contributed by atoms with E-state index in [1.165, 1.54) is 48.5 Å². The van der Waals surface area contributed by atoms with Gasteiger partial charge in [0.15, 0.2) is 5.60 Å². The van der Waals surface area contributed by atoms with E-state index in [1.807, 2.05) is 6.07 Å². The summed E-state index contributed by atoms with van der Waals surface area (Å²) in [6, 6.07) is 20.8. The molecule has 4 aromatic rings. The second-order valence-corrected chi connectivity index (χ2v) is 8.68. The Kier molecular flexibility index (Phi) is 8.25. The minimum absolute atomic E-state index is 0.135. The monoisotopic (exact) mass is 495 g/mol. The van der Waals surface area contributed by atoms with Crippen molar-refractivity contribution in [3.05, 3.63) is 131 Å². The predicted octanol–water partition coefficient (Wildman–Crippen LogP) is 6.02. The van der Waals surface area contributed by atoms with Crippen molar-refractivity contribution in [1.29, 1.82) is 0 Å². The van der Waals surface area contributed by atoms with Crippen molar-refractivity contribution in [2.24, 2.45) is 0 Å². The van der Waals surface area contributed by atoms with Crippen LogP contribution in [0.4, 0.5) is 13.2 Å². The molecule has 0 bridgehead atoms. The van der Waals surface area contributed by atoms with Gasteiger partial charge < -0.3 is 14.3 Å². The average molecular weight is 496 g/mol. The third-order valence-electron chi connectivity index (χ3n) is 6.00. The number of ether oxygens (including phenoxy) is 1. The zero-order chi connectivity index (χ0) is 25.5. The van der Waals surface area contributed by atoms with Gasteiger partial charge >= 0.3 is 0 Å². The second kappa shape index (κ2) is 11.6. The highest BCUT2D eigenvalue weighted by Crippen LogP contribution is 2.38. The first-order chi connectivity index (χ1) is 17.4. The van der Waals surface area contributed by atoms with Gasteiger partial charge in [-0.05, 0) is 71.6 Å². The molecular weight excluding hydrogens is 467 g/mol. The van der Waals surface area contributed by atoms with Crippen LogP contribution in [0.5, 0.6) is 0 Å². The second-order valence-electron chi connectivity index (χ2n) is 8.68. The summed E-state index contributed by atoms with van der Waals surface area (Å²) in [5, 5.41) is 11.9. The topological polar surface area (TPSA) is 45.8 Å². The number of hydrogen-bond acceptors (Lipinski definition) is 4. The minimum atomic E-state index is -1.91. The number of hydrogen-bond donors (Lipinski definition) is 1. The van der Waals surface area contributed by atoms with Gasteiger partial charge in [0.1, 0.15) is 29.0 Å². The molecule has 1 aromatic heterocycles. The van der Waals surface area contributed by atoms with E-state index in [1.54, 1.807) is 37.4 Å². The van der Waals surface area contributed by atoms with Crippen LogP contribution in [0.1, 0.15) is 34.6 Å². The molecule has 4 rings (SSSR count). The number of aliphatic hydroxyl groups is 1. The summed E-state index contributed by atoms with van der Waals surface area (Å²) in [5.74, 6) is -0.691. The summed E-state index contributed by atoms with van der Waals surface area (Å²) in [5.41, 5.74) is -0.669. The van der Waals surface area contributed by atoms with E-state index >= 15 is 0 Å². The van der Waals surface area contributed by atoms with Gasteiger partial charge in [-0.15, -0.1) is 0 Å². The summed E-state index contributed by atoms with van der Waals surface area (Å²) in [4.78, 5) is 2.08. The smallest absolute Gasteiger partial charge is 0.173 e. The van der Waals surface area contributed by atoms with E-state index in [-0.39, 0.29) is 22.7 Å². The Labute approximate surface area is 208 Å². The van der Waals surface area contributed by atoms with E-state index in [9.17, 15) is 18.3 Å². The third-order valence-corrected chi connectivity index (χ3v) is 6.00. The van der Waals surface area contributed by atoms with Crippen LogP contribution in [0.25, 0.3) is 0 Å². The summed E-state index contributed by atoms with van der Waals surface area (Å²) in [6.07, 6.45) is 0.760. The standard InChI is InChI=1S/C29H28F3NO3/c1-35-15-5-14-33(19-21-6-2-9-24(30)16-21)20-27-12-13-28(36-27)29(34,22-7-3-10-25(31)17-22)23-8-4-11-26(32)18-23/h2-4,6-13,16-18,34H,5,14-15,19-20H2,1H3. The molecule has 0 aliphatic rings. The number of methoxy groups -OCH3 is 1. The van der Waals surface area contributed by atoms with Crippen LogP contribution < -0.4 is 0 Å². The molecule has 4 nitrogen and oxygen atoms in total. The molecule has 0 saturated heterocycles. The Bertz CT molecular complexity index is 1240. The Balaban J connectivity index is 1.65. The number of furan rings is 1. The van der Waals surface area contributed by atoms with E-state index in [4.69, 9.17) is 9.15 Å². The molecule has 0 radical (unpaired) electrons. The minimum Gasteiger partial charge on any atom is -0.461 e. The van der Waals surface area contributed by atoms with Gasteiger partial charge in [0.2, 0.25) is 0 Å². The van der Waals surface area contributed by atoms with E-state index in [0.717, 1.165) is 12.0 Å². The molecule has 3 aromatic carbocycles. The summed E-state index contributed by atoms with van der Waals surface area (Å²) in [6.45, 7) is 2.10. The number of rotatable bonds is 11. The lowest BCUT2D eigenvalue weighted by molar-refractivity contribution is 0.0941. The van der Waals surface area contributed by atoms with Gasteiger partial charge in [0, 0.05) is 26.8 Å². The third kappa shape index (κ3) is 6.05. The Morgan fingerprint density at radius 2 is 1.42 bits per heavy atom. The molecule has 0 saturated carbocycles. The zero-order valence-corrected chi connectivity index (χ0v) is 20.0. The maximum Gasteiger partial charge on any atom is 0.173 e. The first kappa shape index (κ1) is 25.7. The van der Waals surface area contributed by atoms with Crippen LogP contribution in [0.3, 0.4) is 0 Å². The van der Waals surface area contributed by atoms with Crippen molar-refractivity contribution in [2.75, 3.05) is 20.3 Å². The number of benzene rings is 3. The maximum absolute atomic E-state index is 14.1.